The van der Waals surface area contributed by atoms with E-state index >= 15 is 0 Å². The fourth-order valence-corrected chi connectivity index (χ4v) is 10.1. The number of benzene rings is 6. The van der Waals surface area contributed by atoms with Gasteiger partial charge in [0.1, 0.15) is 0 Å². The Morgan fingerprint density at radius 3 is 2.05 bits per heavy atom. The van der Waals surface area contributed by atoms with E-state index in [1.165, 1.54) is 78.3 Å². The Morgan fingerprint density at radius 2 is 1.23 bits per heavy atom. The molecule has 0 saturated heterocycles. The minimum Gasteiger partial charge on any atom is -0.313 e. The molecule has 2 atom stereocenters. The molecule has 11 rings (SSSR count). The van der Waals surface area contributed by atoms with Gasteiger partial charge in [0.2, 0.25) is 0 Å². The fraction of sp³-hybridized carbons (Fsp3) is 0.185. The van der Waals surface area contributed by atoms with E-state index in [0.717, 1.165) is 44.9 Å². The van der Waals surface area contributed by atoms with E-state index in [4.69, 9.17) is 0 Å². The molecule has 0 saturated carbocycles. The topological polar surface area (TPSA) is 6.48 Å². The minimum atomic E-state index is 0.342. The third kappa shape index (κ3) is 5.62. The van der Waals surface area contributed by atoms with Crippen molar-refractivity contribution in [3.8, 4) is 0 Å². The Labute approximate surface area is 331 Å². The number of para-hydroxylation sites is 1. The lowest BCUT2D eigenvalue weighted by Gasteiger charge is -2.34. The van der Waals surface area contributed by atoms with Crippen LogP contribution in [0.4, 0.5) is 28.4 Å². The van der Waals surface area contributed by atoms with Crippen LogP contribution in [0.1, 0.15) is 76.1 Å². The van der Waals surface area contributed by atoms with Crippen LogP contribution in [0, 0.1) is 12.8 Å². The molecule has 0 radical (unpaired) electrons. The van der Waals surface area contributed by atoms with Crippen molar-refractivity contribution in [1.82, 2.24) is 0 Å². The van der Waals surface area contributed by atoms with E-state index in [1.807, 2.05) is 0 Å². The molecule has 0 spiro atoms. The highest BCUT2D eigenvalue weighted by Gasteiger charge is 2.41. The molecule has 0 fully saturated rings. The van der Waals surface area contributed by atoms with Crippen LogP contribution in [0.15, 0.2) is 157 Å². The second-order valence-electron chi connectivity index (χ2n) is 16.2. The number of aryl methyl sites for hydroxylation is 2. The molecule has 56 heavy (non-hydrogen) atoms. The number of hydrogen-bond acceptors (Lipinski definition) is 2. The second-order valence-corrected chi connectivity index (χ2v) is 16.2. The van der Waals surface area contributed by atoms with Crippen LogP contribution in [0.25, 0.3) is 29.0 Å². The lowest BCUT2D eigenvalue weighted by atomic mass is 9.83. The first-order valence-electron chi connectivity index (χ1n) is 20.7. The van der Waals surface area contributed by atoms with E-state index in [9.17, 15) is 0 Å². The highest BCUT2D eigenvalue weighted by molar-refractivity contribution is 5.97. The lowest BCUT2D eigenvalue weighted by molar-refractivity contribution is 0.741. The van der Waals surface area contributed by atoms with Gasteiger partial charge in [-0.2, -0.15) is 0 Å². The van der Waals surface area contributed by atoms with Crippen molar-refractivity contribution in [1.29, 1.82) is 0 Å². The van der Waals surface area contributed by atoms with E-state index in [2.05, 4.69) is 181 Å². The van der Waals surface area contributed by atoms with E-state index < -0.39 is 0 Å². The van der Waals surface area contributed by atoms with Crippen molar-refractivity contribution in [3.05, 3.63) is 201 Å². The summed E-state index contributed by atoms with van der Waals surface area (Å²) >= 11 is 0. The molecule has 6 aromatic rings. The van der Waals surface area contributed by atoms with Crippen molar-refractivity contribution in [3.63, 3.8) is 0 Å². The molecule has 2 unspecified atom stereocenters. The third-order valence-corrected chi connectivity index (χ3v) is 12.8. The van der Waals surface area contributed by atoms with Crippen LogP contribution in [-0.4, -0.2) is 0 Å². The van der Waals surface area contributed by atoms with Gasteiger partial charge in [-0.05, 0) is 145 Å². The highest BCUT2D eigenvalue weighted by Crippen LogP contribution is 2.55. The van der Waals surface area contributed by atoms with Crippen LogP contribution in [-0.2, 0) is 19.3 Å². The number of fused-ring (bicyclic) bond motifs is 7. The summed E-state index contributed by atoms with van der Waals surface area (Å²) in [6.07, 6.45) is 26.9. The molecule has 2 nitrogen and oxygen atoms in total. The highest BCUT2D eigenvalue weighted by atomic mass is 15.2. The summed E-state index contributed by atoms with van der Waals surface area (Å²) in [7, 11) is 0. The van der Waals surface area contributed by atoms with Gasteiger partial charge in [0.25, 0.3) is 0 Å². The summed E-state index contributed by atoms with van der Waals surface area (Å²) in [5, 5.41) is 2.70. The standard InChI is InChI=1S/C54H46N2/c1-36-14-13-19-42(32-36)55(53-33-38-15-5-7-20-43(38)46-22-9-11-24-48(46)53)41-28-26-37(27-29-41)45-30-31-52(51-35-50(45)51)56(40-17-3-2-4-18-40)54-34-39-16-6-8-21-44(39)47-23-10-12-25-49(47)54/h2-6,8,11-19,21,24-29,31-35,45,51H,7,9-10,20,22-23,30H2,1H3. The molecule has 0 aliphatic heterocycles. The summed E-state index contributed by atoms with van der Waals surface area (Å²) in [4.78, 5) is 5.07. The van der Waals surface area contributed by atoms with Crippen LogP contribution in [0.5, 0.6) is 0 Å². The monoisotopic (exact) mass is 722 g/mol. The Kier molecular flexibility index (Phi) is 8.05. The molecule has 5 aliphatic carbocycles. The van der Waals surface area contributed by atoms with Gasteiger partial charge in [0.05, 0.1) is 11.4 Å². The minimum absolute atomic E-state index is 0.342. The summed E-state index contributed by atoms with van der Waals surface area (Å²) in [5.41, 5.74) is 20.5. The predicted molar refractivity (Wildman–Crippen MR) is 237 cm³/mol. The average Bonchev–Trinajstić information content (AvgIpc) is 4.07. The molecular weight excluding hydrogens is 677 g/mol. The van der Waals surface area contributed by atoms with Crippen molar-refractivity contribution >= 4 is 57.4 Å². The van der Waals surface area contributed by atoms with Crippen molar-refractivity contribution in [2.45, 2.75) is 57.8 Å². The zero-order chi connectivity index (χ0) is 37.2. The Morgan fingerprint density at radius 1 is 0.554 bits per heavy atom. The molecule has 5 aliphatic rings. The largest absolute Gasteiger partial charge is 0.313 e. The number of allylic oxidation sites excluding steroid dienone is 5. The second kappa shape index (κ2) is 13.6. The maximum absolute atomic E-state index is 2.57. The summed E-state index contributed by atoms with van der Waals surface area (Å²) < 4.78 is 0. The molecular formula is C54H46N2. The van der Waals surface area contributed by atoms with Crippen molar-refractivity contribution in [2.75, 3.05) is 9.80 Å². The molecule has 2 heteroatoms. The number of nitrogens with zero attached hydrogens (tertiary/aromatic N) is 2. The van der Waals surface area contributed by atoms with Gasteiger partial charge in [-0.25, -0.2) is 0 Å². The van der Waals surface area contributed by atoms with Crippen LogP contribution in [0.2, 0.25) is 0 Å². The number of anilines is 5. The zero-order valence-electron chi connectivity index (χ0n) is 32.1. The first-order chi connectivity index (χ1) is 27.7. The van der Waals surface area contributed by atoms with Gasteiger partial charge >= 0.3 is 0 Å². The number of rotatable bonds is 7. The quantitative estimate of drug-likeness (QED) is 0.151. The normalized spacial score (nSPS) is 18.7. The Balaban J connectivity index is 0.963. The zero-order valence-corrected chi connectivity index (χ0v) is 32.1. The van der Waals surface area contributed by atoms with E-state index in [0.29, 0.717) is 11.8 Å². The van der Waals surface area contributed by atoms with Gasteiger partial charge in [0, 0.05) is 45.7 Å². The predicted octanol–water partition coefficient (Wildman–Crippen LogP) is 14.3. The van der Waals surface area contributed by atoms with Gasteiger partial charge in [0.15, 0.2) is 0 Å². The first kappa shape index (κ1) is 33.2. The van der Waals surface area contributed by atoms with Crippen LogP contribution < -0.4 is 9.80 Å². The molecule has 6 aromatic carbocycles. The summed E-state index contributed by atoms with van der Waals surface area (Å²) in [5.74, 6) is 0.729. The summed E-state index contributed by atoms with van der Waals surface area (Å²) in [6, 6.07) is 43.4. The van der Waals surface area contributed by atoms with Crippen molar-refractivity contribution in [2.24, 2.45) is 5.92 Å². The van der Waals surface area contributed by atoms with Crippen LogP contribution >= 0.6 is 0 Å². The number of hydrogen-bond donors (Lipinski definition) is 0. The Bertz CT molecular complexity index is 2690. The van der Waals surface area contributed by atoms with Gasteiger partial charge in [-0.15, -0.1) is 0 Å². The smallest absolute Gasteiger partial charge is 0.0542 e. The van der Waals surface area contributed by atoms with Crippen LogP contribution in [0.3, 0.4) is 0 Å². The molecule has 0 aromatic heterocycles. The van der Waals surface area contributed by atoms with Gasteiger partial charge in [-0.3, -0.25) is 0 Å². The first-order valence-corrected chi connectivity index (χ1v) is 20.7. The van der Waals surface area contributed by atoms with Crippen molar-refractivity contribution < 1.29 is 0 Å². The average molecular weight is 723 g/mol. The molecule has 0 heterocycles. The maximum Gasteiger partial charge on any atom is 0.0542 e. The molecule has 272 valence electrons. The summed E-state index contributed by atoms with van der Waals surface area (Å²) in [6.45, 7) is 2.20. The fourth-order valence-electron chi connectivity index (χ4n) is 10.1. The lowest BCUT2D eigenvalue weighted by Crippen LogP contribution is -2.23. The van der Waals surface area contributed by atoms with E-state index in [-0.39, 0.29) is 0 Å². The third-order valence-electron chi connectivity index (χ3n) is 12.8. The maximum atomic E-state index is 2.57. The Hall–Kier alpha value is -6.12. The van der Waals surface area contributed by atoms with Gasteiger partial charge in [-0.1, -0.05) is 121 Å². The SMILES string of the molecule is Cc1cccc(N(c2ccc(C3CC=C(N(c4ccccc4)c4cc5ccccc5c5c4C=CCC5)C4C=C43)cc2)c2cc3c(c4c2C=CCC4)CCC=C3)c1. The molecule has 0 bridgehead atoms. The molecule has 0 amide bonds. The van der Waals surface area contributed by atoms with Gasteiger partial charge < -0.3 is 9.80 Å². The van der Waals surface area contributed by atoms with E-state index in [1.54, 1.807) is 16.7 Å². The molecule has 0 N–H and O–H groups in total.